The summed E-state index contributed by atoms with van der Waals surface area (Å²) in [5.74, 6) is 1.65. The summed E-state index contributed by atoms with van der Waals surface area (Å²) < 4.78 is 13.8. The number of nitrogens with one attached hydrogen (secondary N) is 1. The van der Waals surface area contributed by atoms with E-state index < -0.39 is 0 Å². The molecule has 1 N–H and O–H groups in total. The van der Waals surface area contributed by atoms with Crippen molar-refractivity contribution in [2.45, 2.75) is 32.5 Å². The van der Waals surface area contributed by atoms with Crippen LogP contribution in [-0.2, 0) is 13.1 Å². The van der Waals surface area contributed by atoms with Crippen LogP contribution in [0.15, 0.2) is 36.8 Å². The van der Waals surface area contributed by atoms with Gasteiger partial charge in [-0.25, -0.2) is 4.98 Å². The Balaban J connectivity index is 1.49. The molecule has 3 rings (SSSR count). The molecule has 1 unspecified atom stereocenters. The van der Waals surface area contributed by atoms with Gasteiger partial charge in [0.2, 0.25) is 0 Å². The highest BCUT2D eigenvalue weighted by Gasteiger charge is 2.20. The molecule has 1 aromatic carbocycles. The maximum Gasteiger partial charge on any atom is 0.161 e. The maximum atomic E-state index is 5.92. The van der Waals surface area contributed by atoms with Crippen molar-refractivity contribution in [1.82, 2.24) is 14.9 Å². The average molecular weight is 287 g/mol. The zero-order valence-electron chi connectivity index (χ0n) is 12.3. The van der Waals surface area contributed by atoms with Crippen LogP contribution in [-0.4, -0.2) is 28.8 Å². The first-order valence-electron chi connectivity index (χ1n) is 7.45. The number of nitrogens with zero attached hydrogens (tertiary/aromatic N) is 2. The van der Waals surface area contributed by atoms with E-state index in [0.29, 0.717) is 6.61 Å². The fourth-order valence-corrected chi connectivity index (χ4v) is 2.46. The summed E-state index contributed by atoms with van der Waals surface area (Å²) in [5, 5.41) is 3.42. The minimum absolute atomic E-state index is 0.0439. The fourth-order valence-electron chi connectivity index (χ4n) is 2.46. The molecular weight excluding hydrogens is 266 g/mol. The molecule has 0 fully saturated rings. The summed E-state index contributed by atoms with van der Waals surface area (Å²) in [4.78, 5) is 4.20. The van der Waals surface area contributed by atoms with Crippen molar-refractivity contribution in [3.63, 3.8) is 0 Å². The molecule has 1 aliphatic heterocycles. The lowest BCUT2D eigenvalue weighted by Crippen LogP contribution is -2.38. The Morgan fingerprint density at radius 1 is 1.33 bits per heavy atom. The Bertz CT molecular complexity index is 582. The van der Waals surface area contributed by atoms with E-state index in [1.165, 1.54) is 5.69 Å². The molecule has 0 amide bonds. The number of aromatic nitrogens is 2. The molecule has 112 valence electrons. The molecule has 1 atom stereocenters. The van der Waals surface area contributed by atoms with Crippen LogP contribution in [0, 0.1) is 0 Å². The van der Waals surface area contributed by atoms with Crippen molar-refractivity contribution in [2.75, 3.05) is 13.2 Å². The summed E-state index contributed by atoms with van der Waals surface area (Å²) in [6, 6.07) is 7.79. The Labute approximate surface area is 124 Å². The van der Waals surface area contributed by atoms with E-state index in [1.54, 1.807) is 0 Å². The molecule has 0 saturated heterocycles. The van der Waals surface area contributed by atoms with Crippen LogP contribution in [0.1, 0.15) is 19.0 Å². The normalized spacial score (nSPS) is 16.9. The molecule has 1 aromatic heterocycles. The Morgan fingerprint density at radius 3 is 3.05 bits per heavy atom. The number of aryl methyl sites for hydroxylation is 1. The van der Waals surface area contributed by atoms with E-state index in [2.05, 4.69) is 21.8 Å². The van der Waals surface area contributed by atoms with Gasteiger partial charge >= 0.3 is 0 Å². The smallest absolute Gasteiger partial charge is 0.161 e. The van der Waals surface area contributed by atoms with Crippen LogP contribution in [0.5, 0.6) is 11.5 Å². The molecule has 0 saturated carbocycles. The quantitative estimate of drug-likeness (QED) is 0.885. The van der Waals surface area contributed by atoms with Crippen molar-refractivity contribution in [3.8, 4) is 11.5 Å². The van der Waals surface area contributed by atoms with Crippen LogP contribution in [0.25, 0.3) is 0 Å². The molecule has 0 radical (unpaired) electrons. The Kier molecular flexibility index (Phi) is 4.40. The predicted molar refractivity (Wildman–Crippen MR) is 80.6 cm³/mol. The summed E-state index contributed by atoms with van der Waals surface area (Å²) in [6.45, 7) is 5.31. The lowest BCUT2D eigenvalue weighted by atomic mass is 10.2. The number of benzene rings is 1. The van der Waals surface area contributed by atoms with Crippen molar-refractivity contribution >= 4 is 0 Å². The first-order chi connectivity index (χ1) is 10.4. The molecule has 5 heteroatoms. The monoisotopic (exact) mass is 287 g/mol. The minimum Gasteiger partial charge on any atom is -0.486 e. The van der Waals surface area contributed by atoms with Gasteiger partial charge in [0.05, 0.1) is 12.0 Å². The minimum atomic E-state index is 0.0439. The highest BCUT2D eigenvalue weighted by molar-refractivity contribution is 5.40. The second kappa shape index (κ2) is 6.63. The molecular formula is C16H21N3O2. The van der Waals surface area contributed by atoms with Crippen LogP contribution < -0.4 is 14.8 Å². The summed E-state index contributed by atoms with van der Waals surface area (Å²) >= 11 is 0. The number of para-hydroxylation sites is 2. The van der Waals surface area contributed by atoms with Crippen LogP contribution >= 0.6 is 0 Å². The summed E-state index contributed by atoms with van der Waals surface area (Å²) in [5.41, 5.74) is 1.20. The number of imidazole rings is 1. The third-order valence-electron chi connectivity index (χ3n) is 3.51. The Morgan fingerprint density at radius 2 is 2.19 bits per heavy atom. The number of hydrogen-bond donors (Lipinski definition) is 1. The van der Waals surface area contributed by atoms with E-state index in [9.17, 15) is 0 Å². The van der Waals surface area contributed by atoms with Crippen molar-refractivity contribution in [2.24, 2.45) is 0 Å². The topological polar surface area (TPSA) is 48.3 Å². The molecule has 2 heterocycles. The molecule has 21 heavy (non-hydrogen) atoms. The van der Waals surface area contributed by atoms with Gasteiger partial charge in [0.25, 0.3) is 0 Å². The Hall–Kier alpha value is -2.01. The molecule has 0 bridgehead atoms. The largest absolute Gasteiger partial charge is 0.486 e. The summed E-state index contributed by atoms with van der Waals surface area (Å²) in [6.07, 6.45) is 4.95. The highest BCUT2D eigenvalue weighted by atomic mass is 16.6. The van der Waals surface area contributed by atoms with Gasteiger partial charge in [0.15, 0.2) is 11.5 Å². The van der Waals surface area contributed by atoms with Gasteiger partial charge in [-0.3, -0.25) is 0 Å². The van der Waals surface area contributed by atoms with Crippen LogP contribution in [0.4, 0.5) is 0 Å². The lowest BCUT2D eigenvalue weighted by molar-refractivity contribution is 0.0901. The van der Waals surface area contributed by atoms with Gasteiger partial charge in [-0.2, -0.15) is 0 Å². The zero-order valence-corrected chi connectivity index (χ0v) is 12.3. The molecule has 2 aromatic rings. The van der Waals surface area contributed by atoms with Gasteiger partial charge in [-0.1, -0.05) is 19.1 Å². The van der Waals surface area contributed by atoms with E-state index in [0.717, 1.165) is 37.6 Å². The van der Waals surface area contributed by atoms with Crippen LogP contribution in [0.3, 0.4) is 0 Å². The molecule has 0 spiro atoms. The standard InChI is InChI=1S/C16H21N3O2/c1-2-7-19-12-18-9-13(19)8-17-10-14-11-20-15-5-3-4-6-16(15)21-14/h3-6,9,12,14,17H,2,7-8,10-11H2,1H3. The summed E-state index contributed by atoms with van der Waals surface area (Å²) in [7, 11) is 0. The lowest BCUT2D eigenvalue weighted by Gasteiger charge is -2.26. The van der Waals surface area contributed by atoms with Gasteiger partial charge < -0.3 is 19.4 Å². The number of rotatable bonds is 6. The highest BCUT2D eigenvalue weighted by Crippen LogP contribution is 2.30. The van der Waals surface area contributed by atoms with E-state index in [1.807, 2.05) is 36.8 Å². The van der Waals surface area contributed by atoms with Gasteiger partial charge in [-0.15, -0.1) is 0 Å². The SMILES string of the molecule is CCCn1cncc1CNCC1COc2ccccc2O1. The molecule has 0 aliphatic carbocycles. The van der Waals surface area contributed by atoms with E-state index >= 15 is 0 Å². The van der Waals surface area contributed by atoms with Crippen LogP contribution in [0.2, 0.25) is 0 Å². The molecule has 5 nitrogen and oxygen atoms in total. The average Bonchev–Trinajstić information content (AvgIpc) is 2.95. The predicted octanol–water partition coefficient (Wildman–Crippen LogP) is 2.22. The third-order valence-corrected chi connectivity index (χ3v) is 3.51. The van der Waals surface area contributed by atoms with Gasteiger partial charge in [0.1, 0.15) is 12.7 Å². The second-order valence-corrected chi connectivity index (χ2v) is 5.21. The number of hydrogen-bond acceptors (Lipinski definition) is 4. The number of fused-ring (bicyclic) bond motifs is 1. The van der Waals surface area contributed by atoms with Crippen molar-refractivity contribution < 1.29 is 9.47 Å². The van der Waals surface area contributed by atoms with Gasteiger partial charge in [0, 0.05) is 25.8 Å². The maximum absolute atomic E-state index is 5.92. The third kappa shape index (κ3) is 3.36. The van der Waals surface area contributed by atoms with Crippen molar-refractivity contribution in [1.29, 1.82) is 0 Å². The fraction of sp³-hybridized carbons (Fsp3) is 0.438. The van der Waals surface area contributed by atoms with Gasteiger partial charge in [-0.05, 0) is 18.6 Å². The number of ether oxygens (including phenoxy) is 2. The van der Waals surface area contributed by atoms with E-state index in [4.69, 9.17) is 9.47 Å². The van der Waals surface area contributed by atoms with Crippen molar-refractivity contribution in [3.05, 3.63) is 42.5 Å². The molecule has 1 aliphatic rings. The first kappa shape index (κ1) is 13.9. The van der Waals surface area contributed by atoms with E-state index in [-0.39, 0.29) is 6.10 Å². The first-order valence-corrected chi connectivity index (χ1v) is 7.45. The second-order valence-electron chi connectivity index (χ2n) is 5.21. The zero-order chi connectivity index (χ0) is 14.5.